The fourth-order valence-corrected chi connectivity index (χ4v) is 2.22. The number of nitrogens with one attached hydrogen (secondary N) is 1. The summed E-state index contributed by atoms with van der Waals surface area (Å²) in [4.78, 5) is 23.1. The highest BCUT2D eigenvalue weighted by atomic mass is 19.4. The molecule has 132 valence electrons. The molecule has 0 radical (unpaired) electrons. The zero-order chi connectivity index (χ0) is 18.6. The van der Waals surface area contributed by atoms with Gasteiger partial charge in [-0.2, -0.15) is 13.2 Å². The number of alkyl halides is 3. The van der Waals surface area contributed by atoms with Crippen molar-refractivity contribution >= 4 is 17.7 Å². The number of carboxylic acid groups (broad SMARTS) is 1. The minimum Gasteiger partial charge on any atom is -0.478 e. The first-order valence-corrected chi connectivity index (χ1v) is 7.12. The predicted octanol–water partition coefficient (Wildman–Crippen LogP) is 4.46. The molecule has 0 atom stereocenters. The molecule has 0 heterocycles. The summed E-state index contributed by atoms with van der Waals surface area (Å²) in [6.07, 6.45) is -5.72. The largest absolute Gasteiger partial charge is 0.478 e. The van der Waals surface area contributed by atoms with Crippen LogP contribution in [0.5, 0.6) is 0 Å². The van der Waals surface area contributed by atoms with E-state index in [9.17, 15) is 22.8 Å². The van der Waals surface area contributed by atoms with Gasteiger partial charge in [-0.3, -0.25) is 5.32 Å². The summed E-state index contributed by atoms with van der Waals surface area (Å²) in [5.41, 5.74) is -1.65. The highest BCUT2D eigenvalue weighted by Crippen LogP contribution is 2.36. The number of ether oxygens (including phenoxy) is 1. The molecule has 0 bridgehead atoms. The number of hydrogen-bond acceptors (Lipinski definition) is 3. The number of aromatic carboxylic acids is 1. The molecule has 2 rings (SSSR count). The molecule has 2 aromatic rings. The SMILES string of the molecule is Cc1c(C(F)(F)F)ccc(C(=O)O)c1NC(=O)OCc1ccccc1. The van der Waals surface area contributed by atoms with Gasteiger partial charge in [-0.1, -0.05) is 30.3 Å². The van der Waals surface area contributed by atoms with E-state index >= 15 is 0 Å². The van der Waals surface area contributed by atoms with Crippen molar-refractivity contribution in [1.29, 1.82) is 0 Å². The zero-order valence-electron chi connectivity index (χ0n) is 13.1. The number of carboxylic acids is 1. The number of carbonyl (C=O) groups is 2. The van der Waals surface area contributed by atoms with Crippen molar-refractivity contribution in [2.24, 2.45) is 0 Å². The topological polar surface area (TPSA) is 75.6 Å². The summed E-state index contributed by atoms with van der Waals surface area (Å²) < 4.78 is 43.9. The van der Waals surface area contributed by atoms with Crippen LogP contribution in [0.25, 0.3) is 0 Å². The van der Waals surface area contributed by atoms with Crippen LogP contribution in [0, 0.1) is 6.92 Å². The van der Waals surface area contributed by atoms with Crippen molar-refractivity contribution < 1.29 is 32.6 Å². The van der Waals surface area contributed by atoms with Gasteiger partial charge in [0, 0.05) is 0 Å². The van der Waals surface area contributed by atoms with Gasteiger partial charge in [-0.05, 0) is 30.2 Å². The third-order valence-corrected chi connectivity index (χ3v) is 3.44. The van der Waals surface area contributed by atoms with Crippen molar-refractivity contribution in [2.75, 3.05) is 5.32 Å². The number of amides is 1. The summed E-state index contributed by atoms with van der Waals surface area (Å²) in [6.45, 7) is 0.981. The molecule has 0 spiro atoms. The van der Waals surface area contributed by atoms with E-state index in [1.807, 2.05) is 0 Å². The molecule has 5 nitrogen and oxygen atoms in total. The number of rotatable bonds is 4. The molecule has 8 heteroatoms. The molecule has 0 aliphatic heterocycles. The molecule has 0 unspecified atom stereocenters. The Morgan fingerprint density at radius 3 is 2.32 bits per heavy atom. The number of halogens is 3. The molecule has 25 heavy (non-hydrogen) atoms. The number of carbonyl (C=O) groups excluding carboxylic acids is 1. The monoisotopic (exact) mass is 353 g/mol. The van der Waals surface area contributed by atoms with Gasteiger partial charge >= 0.3 is 18.2 Å². The van der Waals surface area contributed by atoms with Crippen LogP contribution < -0.4 is 5.32 Å². The van der Waals surface area contributed by atoms with Crippen LogP contribution in [0.3, 0.4) is 0 Å². The number of benzene rings is 2. The summed E-state index contributed by atoms with van der Waals surface area (Å²) in [5.74, 6) is -1.46. The highest BCUT2D eigenvalue weighted by Gasteiger charge is 2.34. The molecular weight excluding hydrogens is 339 g/mol. The van der Waals surface area contributed by atoms with E-state index in [0.717, 1.165) is 13.0 Å². The maximum absolute atomic E-state index is 13.0. The van der Waals surface area contributed by atoms with Crippen LogP contribution in [0.4, 0.5) is 23.7 Å². The molecule has 2 N–H and O–H groups in total. The van der Waals surface area contributed by atoms with Gasteiger partial charge < -0.3 is 9.84 Å². The van der Waals surface area contributed by atoms with Crippen LogP contribution in [0.1, 0.15) is 27.0 Å². The second kappa shape index (κ2) is 7.25. The van der Waals surface area contributed by atoms with Crippen molar-refractivity contribution in [2.45, 2.75) is 19.7 Å². The predicted molar refractivity (Wildman–Crippen MR) is 83.4 cm³/mol. The summed E-state index contributed by atoms with van der Waals surface area (Å²) in [7, 11) is 0. The fourth-order valence-electron chi connectivity index (χ4n) is 2.22. The molecule has 0 aliphatic carbocycles. The molecule has 0 aromatic heterocycles. The molecule has 2 aromatic carbocycles. The van der Waals surface area contributed by atoms with E-state index in [4.69, 9.17) is 9.84 Å². The Morgan fingerprint density at radius 1 is 1.12 bits per heavy atom. The first kappa shape index (κ1) is 18.3. The van der Waals surface area contributed by atoms with Crippen LogP contribution in [0.2, 0.25) is 0 Å². The maximum Gasteiger partial charge on any atom is 0.416 e. The van der Waals surface area contributed by atoms with E-state index < -0.39 is 40.6 Å². The molecule has 0 fully saturated rings. The van der Waals surface area contributed by atoms with Gasteiger partial charge in [0.15, 0.2) is 0 Å². The fraction of sp³-hybridized carbons (Fsp3) is 0.176. The number of anilines is 1. The smallest absolute Gasteiger partial charge is 0.416 e. The first-order chi connectivity index (χ1) is 11.7. The normalized spacial score (nSPS) is 11.0. The molecular formula is C17H14F3NO4. The third kappa shape index (κ3) is 4.50. The molecule has 0 saturated heterocycles. The Kier molecular flexibility index (Phi) is 5.31. The Hall–Kier alpha value is -3.03. The van der Waals surface area contributed by atoms with E-state index in [1.54, 1.807) is 30.3 Å². The van der Waals surface area contributed by atoms with Crippen molar-refractivity contribution in [3.05, 3.63) is 64.7 Å². The molecule has 0 saturated carbocycles. The van der Waals surface area contributed by atoms with Gasteiger partial charge in [0.25, 0.3) is 0 Å². The summed E-state index contributed by atoms with van der Waals surface area (Å²) >= 11 is 0. The minimum absolute atomic E-state index is 0.104. The van der Waals surface area contributed by atoms with E-state index in [2.05, 4.69) is 5.32 Å². The lowest BCUT2D eigenvalue weighted by molar-refractivity contribution is -0.138. The lowest BCUT2D eigenvalue weighted by atomic mass is 10.0. The third-order valence-electron chi connectivity index (χ3n) is 3.44. The van der Waals surface area contributed by atoms with Gasteiger partial charge in [0.2, 0.25) is 0 Å². The quantitative estimate of drug-likeness (QED) is 0.851. The molecule has 0 aliphatic rings. The van der Waals surface area contributed by atoms with Crippen molar-refractivity contribution in [3.63, 3.8) is 0 Å². The van der Waals surface area contributed by atoms with Gasteiger partial charge in [0.1, 0.15) is 6.61 Å². The second-order valence-electron chi connectivity index (χ2n) is 5.15. The van der Waals surface area contributed by atoms with Crippen molar-refractivity contribution in [1.82, 2.24) is 0 Å². The Bertz CT molecular complexity index is 788. The standard InChI is InChI=1S/C17H14F3NO4/c1-10-13(17(18,19)20)8-7-12(15(22)23)14(10)21-16(24)25-9-11-5-3-2-4-6-11/h2-8H,9H2,1H3,(H,21,24)(H,22,23). The lowest BCUT2D eigenvalue weighted by Crippen LogP contribution is -2.19. The summed E-state index contributed by atoms with van der Waals surface area (Å²) in [5, 5.41) is 11.2. The van der Waals surface area contributed by atoms with Gasteiger partial charge in [-0.15, -0.1) is 0 Å². The van der Waals surface area contributed by atoms with Crippen molar-refractivity contribution in [3.8, 4) is 0 Å². The Morgan fingerprint density at radius 2 is 1.76 bits per heavy atom. The Labute approximate surface area is 141 Å². The van der Waals surface area contributed by atoms with E-state index in [1.165, 1.54) is 0 Å². The Balaban J connectivity index is 2.24. The van der Waals surface area contributed by atoms with Crippen LogP contribution in [0.15, 0.2) is 42.5 Å². The minimum atomic E-state index is -4.68. The lowest BCUT2D eigenvalue weighted by Gasteiger charge is -2.17. The van der Waals surface area contributed by atoms with E-state index in [-0.39, 0.29) is 6.61 Å². The van der Waals surface area contributed by atoms with Crippen LogP contribution >= 0.6 is 0 Å². The van der Waals surface area contributed by atoms with Crippen LogP contribution in [-0.4, -0.2) is 17.2 Å². The first-order valence-electron chi connectivity index (χ1n) is 7.12. The summed E-state index contributed by atoms with van der Waals surface area (Å²) in [6, 6.07) is 10.1. The second-order valence-corrected chi connectivity index (χ2v) is 5.15. The average molecular weight is 353 g/mol. The maximum atomic E-state index is 13.0. The average Bonchev–Trinajstić information content (AvgIpc) is 2.54. The zero-order valence-corrected chi connectivity index (χ0v) is 13.1. The van der Waals surface area contributed by atoms with Crippen LogP contribution in [-0.2, 0) is 17.5 Å². The van der Waals surface area contributed by atoms with Gasteiger partial charge in [0.05, 0.1) is 16.8 Å². The number of hydrogen-bond donors (Lipinski definition) is 2. The van der Waals surface area contributed by atoms with E-state index in [0.29, 0.717) is 11.6 Å². The molecule has 1 amide bonds. The van der Waals surface area contributed by atoms with Gasteiger partial charge in [-0.25, -0.2) is 9.59 Å². The highest BCUT2D eigenvalue weighted by molar-refractivity contribution is 6.00.